The van der Waals surface area contributed by atoms with Crippen LogP contribution >= 0.6 is 0 Å². The van der Waals surface area contributed by atoms with Crippen LogP contribution in [0.25, 0.3) is 0 Å². The van der Waals surface area contributed by atoms with Gasteiger partial charge in [0.2, 0.25) is 0 Å². The maximum Gasteiger partial charge on any atom is 0.0378 e. The number of benzene rings is 1. The summed E-state index contributed by atoms with van der Waals surface area (Å²) in [5.74, 6) is 0.742. The van der Waals surface area contributed by atoms with Crippen molar-refractivity contribution in [3.8, 4) is 0 Å². The number of nitrogens with zero attached hydrogens (tertiary/aromatic N) is 1. The van der Waals surface area contributed by atoms with Crippen LogP contribution in [0.2, 0.25) is 0 Å². The third-order valence-electron chi connectivity index (χ3n) is 3.83. The molecule has 2 aliphatic heterocycles. The molecule has 0 aliphatic carbocycles. The molecule has 1 saturated heterocycles. The molecule has 3 rings (SSSR count). The maximum atomic E-state index is 3.67. The highest BCUT2D eigenvalue weighted by Gasteiger charge is 2.33. The molecular formula is C13H18N2. The number of hydrogen-bond donors (Lipinski definition) is 1. The zero-order valence-corrected chi connectivity index (χ0v) is 9.24. The van der Waals surface area contributed by atoms with Crippen LogP contribution in [0, 0.1) is 0 Å². The predicted molar refractivity (Wildman–Crippen MR) is 63.3 cm³/mol. The fraction of sp³-hybridized carbons (Fsp3) is 0.538. The Morgan fingerprint density at radius 1 is 1.20 bits per heavy atom. The number of para-hydroxylation sites is 1. The average Bonchev–Trinajstić information content (AvgIpc) is 2.51. The summed E-state index contributed by atoms with van der Waals surface area (Å²) in [5.41, 5.74) is 2.91. The van der Waals surface area contributed by atoms with Crippen molar-refractivity contribution in [2.45, 2.75) is 24.8 Å². The second-order valence-electron chi connectivity index (χ2n) is 4.83. The van der Waals surface area contributed by atoms with Gasteiger partial charge in [-0.3, -0.25) is 0 Å². The molecule has 0 spiro atoms. The third-order valence-corrected chi connectivity index (χ3v) is 3.83. The van der Waals surface area contributed by atoms with Crippen LogP contribution in [0.3, 0.4) is 0 Å². The monoisotopic (exact) mass is 202 g/mol. The summed E-state index contributed by atoms with van der Waals surface area (Å²) in [6, 6.07) is 9.47. The molecule has 2 heterocycles. The summed E-state index contributed by atoms with van der Waals surface area (Å²) >= 11 is 0. The normalized spacial score (nSPS) is 30.2. The minimum Gasteiger partial charge on any atom is -0.381 e. The highest BCUT2D eigenvalue weighted by Crippen LogP contribution is 2.40. The molecule has 15 heavy (non-hydrogen) atoms. The first-order valence-corrected chi connectivity index (χ1v) is 5.88. The van der Waals surface area contributed by atoms with Crippen LogP contribution in [-0.2, 0) is 0 Å². The fourth-order valence-corrected chi connectivity index (χ4v) is 2.93. The first-order chi connectivity index (χ1) is 7.34. The van der Waals surface area contributed by atoms with Crippen LogP contribution in [0.1, 0.15) is 24.3 Å². The summed E-state index contributed by atoms with van der Waals surface area (Å²) in [7, 11) is 2.23. The van der Waals surface area contributed by atoms with E-state index in [4.69, 9.17) is 0 Å². The second-order valence-corrected chi connectivity index (χ2v) is 4.83. The van der Waals surface area contributed by atoms with Crippen molar-refractivity contribution < 1.29 is 0 Å². The maximum absolute atomic E-state index is 3.67. The van der Waals surface area contributed by atoms with Gasteiger partial charge >= 0.3 is 0 Å². The number of nitrogens with one attached hydrogen (secondary N) is 1. The Morgan fingerprint density at radius 2 is 2.00 bits per heavy atom. The minimum absolute atomic E-state index is 0.673. The molecule has 0 saturated carbocycles. The van der Waals surface area contributed by atoms with Gasteiger partial charge < -0.3 is 10.2 Å². The molecule has 2 nitrogen and oxygen atoms in total. The molecule has 2 aliphatic rings. The van der Waals surface area contributed by atoms with Gasteiger partial charge in [-0.1, -0.05) is 18.2 Å². The fourth-order valence-electron chi connectivity index (χ4n) is 2.93. The molecule has 80 valence electrons. The van der Waals surface area contributed by atoms with Crippen molar-refractivity contribution in [2.75, 3.05) is 25.5 Å². The molecule has 1 fully saturated rings. The number of rotatable bonds is 0. The summed E-state index contributed by atoms with van der Waals surface area (Å²) in [5, 5.41) is 3.67. The van der Waals surface area contributed by atoms with Crippen LogP contribution in [-0.4, -0.2) is 31.1 Å². The van der Waals surface area contributed by atoms with Gasteiger partial charge in [-0.05, 0) is 44.6 Å². The summed E-state index contributed by atoms with van der Waals surface area (Å²) in [4.78, 5) is 2.45. The minimum atomic E-state index is 0.673. The standard InChI is InChI=1S/C13H18N2/c1-15-8-6-11-10-4-2-3-5-12(10)14-13(11)7-9-15/h2-5,11,13-14H,6-9H2,1H3. The predicted octanol–water partition coefficient (Wildman–Crippen LogP) is 2.29. The summed E-state index contributed by atoms with van der Waals surface area (Å²) < 4.78 is 0. The summed E-state index contributed by atoms with van der Waals surface area (Å²) in [6.45, 7) is 2.46. The molecule has 0 amide bonds. The zero-order valence-electron chi connectivity index (χ0n) is 9.24. The first-order valence-electron chi connectivity index (χ1n) is 5.88. The van der Waals surface area contributed by atoms with E-state index in [0.717, 1.165) is 5.92 Å². The molecule has 0 aromatic heterocycles. The molecule has 2 unspecified atom stereocenters. The van der Waals surface area contributed by atoms with Crippen molar-refractivity contribution >= 4 is 5.69 Å². The smallest absolute Gasteiger partial charge is 0.0378 e. The van der Waals surface area contributed by atoms with Crippen LogP contribution in [0.4, 0.5) is 5.69 Å². The van der Waals surface area contributed by atoms with E-state index in [1.165, 1.54) is 37.2 Å². The molecule has 0 radical (unpaired) electrons. The molecule has 0 bridgehead atoms. The molecule has 2 heteroatoms. The Bertz CT molecular complexity index is 361. The van der Waals surface area contributed by atoms with E-state index in [1.807, 2.05) is 0 Å². The lowest BCUT2D eigenvalue weighted by Gasteiger charge is -2.15. The summed E-state index contributed by atoms with van der Waals surface area (Å²) in [6.07, 6.45) is 2.57. The van der Waals surface area contributed by atoms with E-state index in [2.05, 4.69) is 41.5 Å². The Morgan fingerprint density at radius 3 is 2.93 bits per heavy atom. The average molecular weight is 202 g/mol. The van der Waals surface area contributed by atoms with Gasteiger partial charge in [0.1, 0.15) is 0 Å². The van der Waals surface area contributed by atoms with Gasteiger partial charge in [-0.25, -0.2) is 0 Å². The molecule has 2 atom stereocenters. The SMILES string of the molecule is CN1CCC2Nc3ccccc3C2CC1. The largest absolute Gasteiger partial charge is 0.381 e. The Kier molecular flexibility index (Phi) is 2.17. The molecule has 1 aromatic rings. The van der Waals surface area contributed by atoms with Crippen molar-refractivity contribution in [1.29, 1.82) is 0 Å². The van der Waals surface area contributed by atoms with Crippen molar-refractivity contribution in [1.82, 2.24) is 4.90 Å². The lowest BCUT2D eigenvalue weighted by atomic mass is 9.91. The van der Waals surface area contributed by atoms with Gasteiger partial charge in [0.25, 0.3) is 0 Å². The third kappa shape index (κ3) is 1.53. The molecule has 1 N–H and O–H groups in total. The topological polar surface area (TPSA) is 15.3 Å². The molecular weight excluding hydrogens is 184 g/mol. The number of likely N-dealkylation sites (tertiary alicyclic amines) is 1. The lowest BCUT2D eigenvalue weighted by molar-refractivity contribution is 0.346. The zero-order chi connectivity index (χ0) is 10.3. The Hall–Kier alpha value is -1.02. The van der Waals surface area contributed by atoms with E-state index < -0.39 is 0 Å². The van der Waals surface area contributed by atoms with E-state index in [9.17, 15) is 0 Å². The van der Waals surface area contributed by atoms with E-state index in [-0.39, 0.29) is 0 Å². The van der Waals surface area contributed by atoms with Crippen molar-refractivity contribution in [3.05, 3.63) is 29.8 Å². The first kappa shape index (κ1) is 9.22. The Labute approximate surface area is 91.3 Å². The van der Waals surface area contributed by atoms with Crippen molar-refractivity contribution in [2.24, 2.45) is 0 Å². The van der Waals surface area contributed by atoms with Gasteiger partial charge in [0.05, 0.1) is 0 Å². The van der Waals surface area contributed by atoms with E-state index in [1.54, 1.807) is 0 Å². The lowest BCUT2D eigenvalue weighted by Crippen LogP contribution is -2.22. The van der Waals surface area contributed by atoms with Crippen LogP contribution in [0.15, 0.2) is 24.3 Å². The quantitative estimate of drug-likeness (QED) is 0.694. The van der Waals surface area contributed by atoms with Gasteiger partial charge in [0, 0.05) is 17.6 Å². The van der Waals surface area contributed by atoms with Gasteiger partial charge in [-0.2, -0.15) is 0 Å². The van der Waals surface area contributed by atoms with E-state index >= 15 is 0 Å². The second kappa shape index (κ2) is 3.53. The van der Waals surface area contributed by atoms with Crippen molar-refractivity contribution in [3.63, 3.8) is 0 Å². The van der Waals surface area contributed by atoms with Crippen LogP contribution in [0.5, 0.6) is 0 Å². The number of hydrogen-bond acceptors (Lipinski definition) is 2. The van der Waals surface area contributed by atoms with Gasteiger partial charge in [-0.15, -0.1) is 0 Å². The molecule has 1 aromatic carbocycles. The van der Waals surface area contributed by atoms with Crippen LogP contribution < -0.4 is 5.32 Å². The highest BCUT2D eigenvalue weighted by molar-refractivity contribution is 5.59. The van der Waals surface area contributed by atoms with Gasteiger partial charge in [0.15, 0.2) is 0 Å². The Balaban J connectivity index is 1.91. The highest BCUT2D eigenvalue weighted by atomic mass is 15.1. The number of anilines is 1. The van der Waals surface area contributed by atoms with E-state index in [0.29, 0.717) is 6.04 Å². The number of fused-ring (bicyclic) bond motifs is 3.